The third-order valence-corrected chi connectivity index (χ3v) is 3.07. The maximum absolute atomic E-state index is 9.85. The van der Waals surface area contributed by atoms with Gasteiger partial charge in [0.25, 0.3) is 0 Å². The minimum absolute atomic E-state index is 0.128. The van der Waals surface area contributed by atoms with Gasteiger partial charge in [-0.1, -0.05) is 26.0 Å². The summed E-state index contributed by atoms with van der Waals surface area (Å²) in [6.07, 6.45) is 1.06. The van der Waals surface area contributed by atoms with Crippen LogP contribution in [0, 0.1) is 0 Å². The van der Waals surface area contributed by atoms with Gasteiger partial charge in [-0.05, 0) is 36.5 Å². The van der Waals surface area contributed by atoms with Crippen molar-refractivity contribution in [2.24, 2.45) is 5.73 Å². The number of hydrogen-bond donors (Lipinski definition) is 3. The lowest BCUT2D eigenvalue weighted by Gasteiger charge is -2.21. The fraction of sp³-hybridized carbons (Fsp3) is 0.538. The molecule has 0 heterocycles. The lowest BCUT2D eigenvalue weighted by molar-refractivity contribution is 0.126. The minimum atomic E-state index is -0.433. The van der Waals surface area contributed by atoms with Crippen LogP contribution in [0.3, 0.4) is 0 Å². The molecule has 3 atom stereocenters. The molecule has 0 saturated heterocycles. The molecule has 0 radical (unpaired) electrons. The molecule has 0 spiro atoms. The van der Waals surface area contributed by atoms with Gasteiger partial charge in [0.05, 0.1) is 6.10 Å². The van der Waals surface area contributed by atoms with E-state index in [4.69, 9.17) is 11.5 Å². The molecule has 0 aliphatic rings. The first-order valence-corrected chi connectivity index (χ1v) is 5.83. The van der Waals surface area contributed by atoms with Gasteiger partial charge in [0.2, 0.25) is 0 Å². The molecule has 1 aromatic rings. The quantitative estimate of drug-likeness (QED) is 0.666. The van der Waals surface area contributed by atoms with Crippen LogP contribution in [0.4, 0.5) is 5.69 Å². The summed E-state index contributed by atoms with van der Waals surface area (Å²) < 4.78 is 0. The largest absolute Gasteiger partial charge is 0.399 e. The molecule has 3 unspecified atom stereocenters. The predicted octanol–water partition coefficient (Wildman–Crippen LogP) is 1.86. The highest BCUT2D eigenvalue weighted by Gasteiger charge is 2.17. The molecular weight excluding hydrogens is 200 g/mol. The number of aliphatic hydroxyl groups excluding tert-OH is 1. The Kier molecular flexibility index (Phi) is 4.77. The van der Waals surface area contributed by atoms with Gasteiger partial charge in [0.1, 0.15) is 0 Å². The second kappa shape index (κ2) is 5.87. The Balaban J connectivity index is 2.58. The summed E-state index contributed by atoms with van der Waals surface area (Å²) >= 11 is 0. The smallest absolute Gasteiger partial charge is 0.0696 e. The Bertz CT molecular complexity index is 310. The summed E-state index contributed by atoms with van der Waals surface area (Å²) in [7, 11) is 0. The van der Waals surface area contributed by atoms with Crippen LogP contribution >= 0.6 is 0 Å². The summed E-state index contributed by atoms with van der Waals surface area (Å²) in [5.74, 6) is 0.299. The predicted molar refractivity (Wildman–Crippen MR) is 68.2 cm³/mol. The second-order valence-corrected chi connectivity index (χ2v) is 4.44. The van der Waals surface area contributed by atoms with Crippen molar-refractivity contribution in [3.63, 3.8) is 0 Å². The Labute approximate surface area is 97.5 Å². The first-order chi connectivity index (χ1) is 7.54. The van der Waals surface area contributed by atoms with Crippen molar-refractivity contribution in [2.45, 2.75) is 44.8 Å². The SMILES string of the molecule is CCC(N)C(O)CC(C)c1ccc(N)cc1. The monoisotopic (exact) mass is 222 g/mol. The maximum Gasteiger partial charge on any atom is 0.0696 e. The lowest BCUT2D eigenvalue weighted by atomic mass is 9.92. The highest BCUT2D eigenvalue weighted by Crippen LogP contribution is 2.22. The molecule has 0 amide bonds. The number of nitrogens with two attached hydrogens (primary N) is 2. The van der Waals surface area contributed by atoms with E-state index in [0.29, 0.717) is 12.3 Å². The molecule has 3 heteroatoms. The summed E-state index contributed by atoms with van der Waals surface area (Å²) in [6, 6.07) is 7.65. The van der Waals surface area contributed by atoms with Crippen LogP contribution in [0.5, 0.6) is 0 Å². The van der Waals surface area contributed by atoms with Gasteiger partial charge in [-0.2, -0.15) is 0 Å². The highest BCUT2D eigenvalue weighted by atomic mass is 16.3. The Morgan fingerprint density at radius 1 is 1.25 bits per heavy atom. The van der Waals surface area contributed by atoms with E-state index >= 15 is 0 Å². The number of hydrogen-bond acceptors (Lipinski definition) is 3. The van der Waals surface area contributed by atoms with Gasteiger partial charge in [-0.15, -0.1) is 0 Å². The topological polar surface area (TPSA) is 72.3 Å². The van der Waals surface area contributed by atoms with Crippen molar-refractivity contribution in [2.75, 3.05) is 5.73 Å². The van der Waals surface area contributed by atoms with Crippen LogP contribution in [0.15, 0.2) is 24.3 Å². The van der Waals surface area contributed by atoms with E-state index in [9.17, 15) is 5.11 Å². The van der Waals surface area contributed by atoms with Crippen LogP contribution < -0.4 is 11.5 Å². The molecule has 90 valence electrons. The molecule has 0 aliphatic heterocycles. The fourth-order valence-corrected chi connectivity index (χ4v) is 1.77. The first-order valence-electron chi connectivity index (χ1n) is 5.83. The zero-order valence-corrected chi connectivity index (χ0v) is 10.1. The molecule has 0 saturated carbocycles. The van der Waals surface area contributed by atoms with E-state index in [1.54, 1.807) is 0 Å². The molecule has 5 N–H and O–H groups in total. The normalized spacial score (nSPS) is 16.8. The van der Waals surface area contributed by atoms with Crippen LogP contribution in [0.2, 0.25) is 0 Å². The van der Waals surface area contributed by atoms with Crippen molar-refractivity contribution in [3.8, 4) is 0 Å². The van der Waals surface area contributed by atoms with E-state index < -0.39 is 6.10 Å². The zero-order chi connectivity index (χ0) is 12.1. The summed E-state index contributed by atoms with van der Waals surface area (Å²) in [5.41, 5.74) is 13.4. The highest BCUT2D eigenvalue weighted by molar-refractivity contribution is 5.40. The van der Waals surface area contributed by atoms with Crippen LogP contribution in [0.1, 0.15) is 38.2 Å². The fourth-order valence-electron chi connectivity index (χ4n) is 1.77. The van der Waals surface area contributed by atoms with E-state index in [1.165, 1.54) is 5.56 Å². The molecule has 16 heavy (non-hydrogen) atoms. The number of aliphatic hydroxyl groups is 1. The average molecular weight is 222 g/mol. The average Bonchev–Trinajstić information content (AvgIpc) is 2.28. The van der Waals surface area contributed by atoms with Crippen LogP contribution in [-0.2, 0) is 0 Å². The van der Waals surface area contributed by atoms with Gasteiger partial charge in [-0.25, -0.2) is 0 Å². The van der Waals surface area contributed by atoms with Gasteiger partial charge in [0.15, 0.2) is 0 Å². The number of benzene rings is 1. The minimum Gasteiger partial charge on any atom is -0.399 e. The molecule has 3 nitrogen and oxygen atoms in total. The molecular formula is C13H22N2O. The molecule has 0 aliphatic carbocycles. The Morgan fingerprint density at radius 2 is 1.81 bits per heavy atom. The van der Waals surface area contributed by atoms with Gasteiger partial charge in [-0.3, -0.25) is 0 Å². The van der Waals surface area contributed by atoms with E-state index in [-0.39, 0.29) is 6.04 Å². The van der Waals surface area contributed by atoms with Gasteiger partial charge in [0, 0.05) is 11.7 Å². The molecule has 0 bridgehead atoms. The summed E-state index contributed by atoms with van der Waals surface area (Å²) in [4.78, 5) is 0. The Morgan fingerprint density at radius 3 is 2.31 bits per heavy atom. The van der Waals surface area contributed by atoms with E-state index in [0.717, 1.165) is 12.1 Å². The standard InChI is InChI=1S/C13H22N2O/c1-3-12(15)13(16)8-9(2)10-4-6-11(14)7-5-10/h4-7,9,12-13,16H,3,8,14-15H2,1-2H3. The van der Waals surface area contributed by atoms with Gasteiger partial charge >= 0.3 is 0 Å². The van der Waals surface area contributed by atoms with Crippen molar-refractivity contribution in [1.82, 2.24) is 0 Å². The third-order valence-electron chi connectivity index (χ3n) is 3.07. The summed E-state index contributed by atoms with van der Waals surface area (Å²) in [6.45, 7) is 4.08. The van der Waals surface area contributed by atoms with Crippen molar-refractivity contribution < 1.29 is 5.11 Å². The number of anilines is 1. The molecule has 0 aromatic heterocycles. The lowest BCUT2D eigenvalue weighted by Crippen LogP contribution is -2.34. The van der Waals surface area contributed by atoms with Crippen molar-refractivity contribution >= 4 is 5.69 Å². The van der Waals surface area contributed by atoms with Crippen LogP contribution in [0.25, 0.3) is 0 Å². The number of nitrogen functional groups attached to an aromatic ring is 1. The summed E-state index contributed by atoms with van der Waals surface area (Å²) in [5, 5.41) is 9.85. The second-order valence-electron chi connectivity index (χ2n) is 4.44. The zero-order valence-electron chi connectivity index (χ0n) is 10.1. The maximum atomic E-state index is 9.85. The molecule has 0 fully saturated rings. The van der Waals surface area contributed by atoms with Crippen LogP contribution in [-0.4, -0.2) is 17.3 Å². The van der Waals surface area contributed by atoms with Crippen molar-refractivity contribution in [3.05, 3.63) is 29.8 Å². The van der Waals surface area contributed by atoms with Gasteiger partial charge < -0.3 is 16.6 Å². The third kappa shape index (κ3) is 3.51. The molecule has 1 rings (SSSR count). The van der Waals surface area contributed by atoms with Crippen molar-refractivity contribution in [1.29, 1.82) is 0 Å². The molecule has 1 aromatic carbocycles. The first kappa shape index (κ1) is 13.0. The Hall–Kier alpha value is -1.06. The van der Waals surface area contributed by atoms with E-state index in [1.807, 2.05) is 31.2 Å². The van der Waals surface area contributed by atoms with E-state index in [2.05, 4.69) is 6.92 Å². The number of rotatable bonds is 5.